The monoisotopic (exact) mass is 276 g/mol. The van der Waals surface area contributed by atoms with E-state index in [4.69, 9.17) is 0 Å². The van der Waals surface area contributed by atoms with Crippen LogP contribution >= 0.6 is 0 Å². The largest absolute Gasteiger partial charge is 3.00 e. The van der Waals surface area contributed by atoms with Crippen molar-refractivity contribution in [1.29, 1.82) is 0 Å². The van der Waals surface area contributed by atoms with Crippen LogP contribution in [0.15, 0.2) is 0 Å². The van der Waals surface area contributed by atoms with Crippen LogP contribution < -0.4 is 0 Å². The molecule has 0 radical (unpaired) electrons. The molecule has 24 valence electrons. The molecule has 0 aromatic rings. The fraction of sp³-hybridized carbons (Fsp3) is 0. The molecule has 0 N–H and O–H groups in total. The predicted molar refractivity (Wildman–Crippen MR) is 2.06 cm³/mol. The molecule has 0 aromatic carbocycles. The van der Waals surface area contributed by atoms with Crippen molar-refractivity contribution in [2.24, 2.45) is 0 Å². The molecule has 0 heterocycles. The molecule has 0 rings (SSSR count). The van der Waals surface area contributed by atoms with Crippen molar-refractivity contribution in [3.05, 3.63) is 0 Å². The summed E-state index contributed by atoms with van der Waals surface area (Å²) in [7, 11) is 0. The second-order valence-electron chi connectivity index (χ2n) is 0. The van der Waals surface area contributed by atoms with E-state index in [1.807, 2.05) is 0 Å². The van der Waals surface area contributed by atoms with Gasteiger partial charge in [0.2, 0.25) is 0 Å². The summed E-state index contributed by atoms with van der Waals surface area (Å²) in [6.45, 7) is 0. The first-order valence-corrected chi connectivity index (χ1v) is 0. The number of rotatable bonds is 0. The van der Waals surface area contributed by atoms with Gasteiger partial charge in [0.15, 0.2) is 0 Å². The topological polar surface area (TPSA) is 85.5 Å². The van der Waals surface area contributed by atoms with Gasteiger partial charge in [-0.2, -0.15) is 0 Å². The van der Waals surface area contributed by atoms with Crippen molar-refractivity contribution >= 4 is 0 Å². The third-order valence-electron chi connectivity index (χ3n) is 0. The van der Waals surface area contributed by atoms with Crippen LogP contribution in [-0.4, -0.2) is 0 Å². The second-order valence-corrected chi connectivity index (χ2v) is 0. The number of hydrogen-bond donors (Lipinski definition) is 0. The van der Waals surface area contributed by atoms with Gasteiger partial charge >= 0.3 is 68.3 Å². The molecule has 0 spiro atoms. The molecule has 3 nitrogen and oxygen atoms in total. The Morgan fingerprint density at radius 3 is 0.600 bits per heavy atom. The van der Waals surface area contributed by atoms with Crippen molar-refractivity contribution in [2.75, 3.05) is 0 Å². The van der Waals surface area contributed by atoms with E-state index < -0.39 is 0 Å². The molecule has 0 aliphatic rings. The normalized spacial score (nSPS) is 0. The molecule has 0 saturated heterocycles. The zero-order valence-electron chi connectivity index (χ0n) is 2.38. The van der Waals surface area contributed by atoms with Gasteiger partial charge in [0.1, 0.15) is 0 Å². The Morgan fingerprint density at radius 2 is 0.600 bits per heavy atom. The Kier molecular flexibility index (Phi) is 403. The van der Waals surface area contributed by atoms with Crippen LogP contribution in [-0.2, 0) is 49.1 Å². The maximum Gasteiger partial charge on any atom is 3.00 e. The summed E-state index contributed by atoms with van der Waals surface area (Å²) in [6, 6.07) is 0. The third kappa shape index (κ3) is 22.7. The van der Waals surface area contributed by atoms with E-state index >= 15 is 0 Å². The molecular weight excluding hydrogens is 276 g/mol. The summed E-state index contributed by atoms with van der Waals surface area (Å²) < 4.78 is 0. The molecule has 0 aliphatic heterocycles. The molecule has 0 bridgehead atoms. The Balaban J connectivity index is 0. The van der Waals surface area contributed by atoms with Gasteiger partial charge in [0, 0.05) is 0 Å². The average molecular weight is 276 g/mol. The summed E-state index contributed by atoms with van der Waals surface area (Å²) in [5.74, 6) is 0. The molecule has 0 amide bonds. The molecule has 0 aliphatic carbocycles. The first-order chi connectivity index (χ1) is 0. The van der Waals surface area contributed by atoms with Gasteiger partial charge in [-0.05, 0) is 0 Å². The van der Waals surface area contributed by atoms with E-state index in [1.54, 1.807) is 0 Å². The van der Waals surface area contributed by atoms with Crippen LogP contribution in [0, 0.1) is 35.6 Å². The molecule has 5 heavy (non-hydrogen) atoms. The van der Waals surface area contributed by atoms with E-state index in [-0.39, 0.29) is 84.7 Å². The van der Waals surface area contributed by atoms with Crippen molar-refractivity contribution in [3.8, 4) is 0 Å². The van der Waals surface area contributed by atoms with Gasteiger partial charge in [-0.25, -0.2) is 0 Å². The smallest absolute Gasteiger partial charge is 2.00 e. The van der Waals surface area contributed by atoms with Crippen LogP contribution in [0.1, 0.15) is 0 Å². The van der Waals surface area contributed by atoms with Gasteiger partial charge in [-0.1, -0.05) is 0 Å². The van der Waals surface area contributed by atoms with Crippen LogP contribution in [0.25, 0.3) is 0 Å². The van der Waals surface area contributed by atoms with Gasteiger partial charge in [-0.15, -0.1) is 0 Å². The maximum atomic E-state index is 0. The van der Waals surface area contributed by atoms with E-state index in [1.165, 1.54) is 0 Å². The SMILES string of the molecule is [La+3].[O-2].[O-2].[O-2].[Y+3]. The zero-order valence-corrected chi connectivity index (χ0v) is 8.84. The van der Waals surface area contributed by atoms with Crippen molar-refractivity contribution in [3.63, 3.8) is 0 Å². The Hall–Kier alpha value is 2.18. The Bertz CT molecular complexity index is 6.85. The van der Waals surface area contributed by atoms with Gasteiger partial charge in [-0.3, -0.25) is 0 Å². The molecule has 0 fully saturated rings. The summed E-state index contributed by atoms with van der Waals surface area (Å²) in [5, 5.41) is 0. The minimum Gasteiger partial charge on any atom is -2.00 e. The molecule has 0 unspecified atom stereocenters. The first-order valence-electron chi connectivity index (χ1n) is 0. The van der Waals surface area contributed by atoms with Crippen LogP contribution in [0.4, 0.5) is 0 Å². The maximum absolute atomic E-state index is 0. The quantitative estimate of drug-likeness (QED) is 0.578. The fourth-order valence-corrected chi connectivity index (χ4v) is 0. The zero-order chi connectivity index (χ0) is 0. The summed E-state index contributed by atoms with van der Waals surface area (Å²) in [6.07, 6.45) is 0. The predicted octanol–water partition coefficient (Wildman–Crippen LogP) is -0.359. The molecule has 0 atom stereocenters. The van der Waals surface area contributed by atoms with E-state index in [0.29, 0.717) is 0 Å². The molecule has 0 saturated carbocycles. The van der Waals surface area contributed by atoms with E-state index in [0.717, 1.165) is 0 Å². The van der Waals surface area contributed by atoms with Gasteiger partial charge < -0.3 is 16.4 Å². The fourth-order valence-electron chi connectivity index (χ4n) is 0. The van der Waals surface area contributed by atoms with Crippen molar-refractivity contribution in [1.82, 2.24) is 0 Å². The molecular formula is LaO3Y. The van der Waals surface area contributed by atoms with Crippen LogP contribution in [0.3, 0.4) is 0 Å². The summed E-state index contributed by atoms with van der Waals surface area (Å²) in [4.78, 5) is 0. The summed E-state index contributed by atoms with van der Waals surface area (Å²) >= 11 is 0. The van der Waals surface area contributed by atoms with Gasteiger partial charge in [0.05, 0.1) is 0 Å². The Labute approximate surface area is 83.3 Å². The standard InChI is InChI=1S/La.3O.Y/q+3;3*-2;+3. The van der Waals surface area contributed by atoms with Crippen LogP contribution in [0.5, 0.6) is 0 Å². The minimum atomic E-state index is 0. The first kappa shape index (κ1) is 57.7. The molecule has 0 aromatic heterocycles. The summed E-state index contributed by atoms with van der Waals surface area (Å²) in [5.41, 5.74) is 0. The molecule has 5 heteroatoms. The van der Waals surface area contributed by atoms with E-state index in [2.05, 4.69) is 0 Å². The Morgan fingerprint density at radius 1 is 0.600 bits per heavy atom. The average Bonchev–Trinajstić information content (AvgIpc) is 0. The van der Waals surface area contributed by atoms with E-state index in [9.17, 15) is 0 Å². The second kappa shape index (κ2) is 34.9. The van der Waals surface area contributed by atoms with Crippen molar-refractivity contribution < 1.29 is 84.7 Å². The minimum absolute atomic E-state index is 0. The van der Waals surface area contributed by atoms with Gasteiger partial charge in [0.25, 0.3) is 0 Å². The number of hydrogen-bond acceptors (Lipinski definition) is 0. The third-order valence-corrected chi connectivity index (χ3v) is 0. The van der Waals surface area contributed by atoms with Crippen LogP contribution in [0.2, 0.25) is 0 Å². The van der Waals surface area contributed by atoms with Crippen molar-refractivity contribution in [2.45, 2.75) is 0 Å².